The van der Waals surface area contributed by atoms with Crippen LogP contribution >= 0.6 is 0 Å². The fourth-order valence-corrected chi connectivity index (χ4v) is 2.82. The predicted molar refractivity (Wildman–Crippen MR) is 85.7 cm³/mol. The molecular formula is C18H25NO3. The van der Waals surface area contributed by atoms with E-state index in [0.29, 0.717) is 25.1 Å². The molecule has 4 nitrogen and oxygen atoms in total. The van der Waals surface area contributed by atoms with Crippen LogP contribution in [0.3, 0.4) is 0 Å². The van der Waals surface area contributed by atoms with Gasteiger partial charge in [0, 0.05) is 12.1 Å². The predicted octanol–water partition coefficient (Wildman–Crippen LogP) is 3.33. The first-order valence-electron chi connectivity index (χ1n) is 8.17. The van der Waals surface area contributed by atoms with E-state index in [1.54, 1.807) is 11.0 Å². The summed E-state index contributed by atoms with van der Waals surface area (Å²) in [5.74, 6) is -0.327. The van der Waals surface area contributed by atoms with Gasteiger partial charge >= 0.3 is 5.97 Å². The van der Waals surface area contributed by atoms with Crippen LogP contribution in [0.25, 0.3) is 0 Å². The largest absolute Gasteiger partial charge is 0.464 e. The fourth-order valence-electron chi connectivity index (χ4n) is 2.82. The van der Waals surface area contributed by atoms with Gasteiger partial charge in [-0.1, -0.05) is 37.5 Å². The maximum atomic E-state index is 12.6. The van der Waals surface area contributed by atoms with E-state index in [1.807, 2.05) is 25.1 Å². The van der Waals surface area contributed by atoms with Gasteiger partial charge in [-0.05, 0) is 38.3 Å². The smallest absolute Gasteiger partial charge is 0.328 e. The van der Waals surface area contributed by atoms with Crippen molar-refractivity contribution in [3.05, 3.63) is 35.4 Å². The van der Waals surface area contributed by atoms with Crippen LogP contribution in [0.2, 0.25) is 0 Å². The van der Waals surface area contributed by atoms with Crippen LogP contribution in [-0.4, -0.2) is 36.0 Å². The Balaban J connectivity index is 1.97. The van der Waals surface area contributed by atoms with Gasteiger partial charge in [-0.25, -0.2) is 4.79 Å². The number of ether oxygens (including phenoxy) is 1. The lowest BCUT2D eigenvalue weighted by Gasteiger charge is -2.23. The summed E-state index contributed by atoms with van der Waals surface area (Å²) in [6.07, 6.45) is 4.60. The zero-order valence-corrected chi connectivity index (χ0v) is 13.5. The summed E-state index contributed by atoms with van der Waals surface area (Å²) in [6.45, 7) is 5.15. The molecule has 1 atom stereocenters. The number of hydrogen-bond donors (Lipinski definition) is 0. The van der Waals surface area contributed by atoms with Crippen LogP contribution in [0.4, 0.5) is 0 Å². The van der Waals surface area contributed by atoms with Gasteiger partial charge in [-0.15, -0.1) is 0 Å². The molecule has 1 aromatic carbocycles. The number of nitrogens with zero attached hydrogens (tertiary/aromatic N) is 1. The molecule has 1 heterocycles. The van der Waals surface area contributed by atoms with Gasteiger partial charge in [-0.2, -0.15) is 0 Å². The lowest BCUT2D eigenvalue weighted by Crippen LogP contribution is -2.41. The van der Waals surface area contributed by atoms with Crippen molar-refractivity contribution in [3.8, 4) is 0 Å². The number of carbonyl (C=O) groups excluding carboxylic acids is 2. The normalized spacial score (nSPS) is 17.5. The molecule has 120 valence electrons. The molecule has 1 fully saturated rings. The van der Waals surface area contributed by atoms with Crippen molar-refractivity contribution in [1.29, 1.82) is 0 Å². The number of amides is 1. The quantitative estimate of drug-likeness (QED) is 0.598. The minimum absolute atomic E-state index is 0.0725. The monoisotopic (exact) mass is 303 g/mol. The number of hydrogen-bond acceptors (Lipinski definition) is 3. The summed E-state index contributed by atoms with van der Waals surface area (Å²) in [6, 6.07) is 7.08. The van der Waals surface area contributed by atoms with E-state index >= 15 is 0 Å². The average molecular weight is 303 g/mol. The summed E-state index contributed by atoms with van der Waals surface area (Å²) < 4.78 is 5.34. The Morgan fingerprint density at radius 3 is 2.86 bits per heavy atom. The van der Waals surface area contributed by atoms with Gasteiger partial charge in [0.2, 0.25) is 0 Å². The molecule has 0 bridgehead atoms. The van der Waals surface area contributed by atoms with Gasteiger partial charge in [0.1, 0.15) is 6.04 Å². The van der Waals surface area contributed by atoms with Gasteiger partial charge in [-0.3, -0.25) is 4.79 Å². The number of aryl methyl sites for hydroxylation is 1. The summed E-state index contributed by atoms with van der Waals surface area (Å²) >= 11 is 0. The lowest BCUT2D eigenvalue weighted by atomic mass is 10.1. The molecule has 1 amide bonds. The Labute approximate surface area is 132 Å². The zero-order valence-electron chi connectivity index (χ0n) is 13.5. The first kappa shape index (κ1) is 16.5. The third-order valence-electron chi connectivity index (χ3n) is 4.04. The lowest BCUT2D eigenvalue weighted by molar-refractivity contribution is -0.148. The molecule has 0 N–H and O–H groups in total. The molecule has 1 saturated heterocycles. The van der Waals surface area contributed by atoms with E-state index in [4.69, 9.17) is 4.74 Å². The van der Waals surface area contributed by atoms with Gasteiger partial charge in [0.15, 0.2) is 0 Å². The molecule has 2 rings (SSSR count). The SMILES string of the molecule is CCCCCOC(=O)C1CCCN1C(=O)c1cccc(C)c1. The van der Waals surface area contributed by atoms with E-state index in [2.05, 4.69) is 6.92 Å². The van der Waals surface area contributed by atoms with E-state index in [0.717, 1.165) is 31.2 Å². The van der Waals surface area contributed by atoms with Crippen LogP contribution in [-0.2, 0) is 9.53 Å². The van der Waals surface area contributed by atoms with Crippen LogP contribution < -0.4 is 0 Å². The van der Waals surface area contributed by atoms with E-state index in [1.165, 1.54) is 0 Å². The summed E-state index contributed by atoms with van der Waals surface area (Å²) in [7, 11) is 0. The second kappa shape index (κ2) is 7.97. The van der Waals surface area contributed by atoms with Gasteiger partial charge in [0.05, 0.1) is 6.61 Å². The highest BCUT2D eigenvalue weighted by Gasteiger charge is 2.35. The summed E-state index contributed by atoms with van der Waals surface area (Å²) in [5.41, 5.74) is 1.69. The molecule has 1 aliphatic rings. The average Bonchev–Trinajstić information content (AvgIpc) is 3.00. The zero-order chi connectivity index (χ0) is 15.9. The van der Waals surface area contributed by atoms with Crippen molar-refractivity contribution in [2.24, 2.45) is 0 Å². The van der Waals surface area contributed by atoms with Crippen molar-refractivity contribution in [3.63, 3.8) is 0 Å². The van der Waals surface area contributed by atoms with E-state index in [9.17, 15) is 9.59 Å². The molecule has 0 radical (unpaired) electrons. The molecule has 4 heteroatoms. The Hall–Kier alpha value is -1.84. The number of carbonyl (C=O) groups is 2. The van der Waals surface area contributed by atoms with Crippen LogP contribution in [0, 0.1) is 6.92 Å². The van der Waals surface area contributed by atoms with E-state index in [-0.39, 0.29) is 11.9 Å². The van der Waals surface area contributed by atoms with Crippen molar-refractivity contribution < 1.29 is 14.3 Å². The summed E-state index contributed by atoms with van der Waals surface area (Å²) in [4.78, 5) is 26.5. The Morgan fingerprint density at radius 2 is 2.14 bits per heavy atom. The molecule has 1 unspecified atom stereocenters. The minimum Gasteiger partial charge on any atom is -0.464 e. The minimum atomic E-state index is -0.422. The highest BCUT2D eigenvalue weighted by Crippen LogP contribution is 2.21. The van der Waals surface area contributed by atoms with Crippen molar-refractivity contribution in [2.75, 3.05) is 13.2 Å². The summed E-state index contributed by atoms with van der Waals surface area (Å²) in [5, 5.41) is 0. The molecule has 1 aliphatic heterocycles. The number of benzene rings is 1. The van der Waals surface area contributed by atoms with Gasteiger partial charge < -0.3 is 9.64 Å². The molecule has 0 spiro atoms. The molecule has 22 heavy (non-hydrogen) atoms. The Morgan fingerprint density at radius 1 is 1.32 bits per heavy atom. The molecule has 0 saturated carbocycles. The number of esters is 1. The van der Waals surface area contributed by atoms with Crippen molar-refractivity contribution >= 4 is 11.9 Å². The standard InChI is InChI=1S/C18H25NO3/c1-3-4-5-12-22-18(21)16-10-7-11-19(16)17(20)15-9-6-8-14(2)13-15/h6,8-9,13,16H,3-5,7,10-12H2,1-2H3. The maximum absolute atomic E-state index is 12.6. The second-order valence-electron chi connectivity index (χ2n) is 5.90. The topological polar surface area (TPSA) is 46.6 Å². The van der Waals surface area contributed by atoms with Crippen molar-refractivity contribution in [1.82, 2.24) is 4.90 Å². The molecule has 0 aromatic heterocycles. The highest BCUT2D eigenvalue weighted by atomic mass is 16.5. The molecule has 1 aromatic rings. The fraction of sp³-hybridized carbons (Fsp3) is 0.556. The first-order valence-corrected chi connectivity index (χ1v) is 8.17. The first-order chi connectivity index (χ1) is 10.6. The molecule has 0 aliphatic carbocycles. The van der Waals surface area contributed by atoms with Crippen LogP contribution in [0.15, 0.2) is 24.3 Å². The Kier molecular flexibility index (Phi) is 5.99. The highest BCUT2D eigenvalue weighted by molar-refractivity contribution is 5.97. The van der Waals surface area contributed by atoms with Crippen LogP contribution in [0.5, 0.6) is 0 Å². The second-order valence-corrected chi connectivity index (χ2v) is 5.90. The molecular weight excluding hydrogens is 278 g/mol. The number of likely N-dealkylation sites (tertiary alicyclic amines) is 1. The van der Waals surface area contributed by atoms with E-state index < -0.39 is 6.04 Å². The maximum Gasteiger partial charge on any atom is 0.328 e. The van der Waals surface area contributed by atoms with Gasteiger partial charge in [0.25, 0.3) is 5.91 Å². The third kappa shape index (κ3) is 4.09. The number of unbranched alkanes of at least 4 members (excludes halogenated alkanes) is 2. The Bertz CT molecular complexity index is 527. The van der Waals surface area contributed by atoms with Crippen molar-refractivity contribution in [2.45, 2.75) is 52.0 Å². The third-order valence-corrected chi connectivity index (χ3v) is 4.04. The number of rotatable bonds is 6. The van der Waals surface area contributed by atoms with Crippen LogP contribution in [0.1, 0.15) is 54.9 Å².